The largest absolute Gasteiger partial charge is 0.411 e. The van der Waals surface area contributed by atoms with Crippen molar-refractivity contribution in [2.45, 2.75) is 32.7 Å². The zero-order valence-electron chi connectivity index (χ0n) is 9.17. The van der Waals surface area contributed by atoms with Crippen LogP contribution < -0.4 is 0 Å². The number of rotatable bonds is 3. The van der Waals surface area contributed by atoms with E-state index in [4.69, 9.17) is 4.43 Å². The summed E-state index contributed by atoms with van der Waals surface area (Å²) in [6, 6.07) is 8.30. The third-order valence-corrected chi connectivity index (χ3v) is 3.40. The van der Waals surface area contributed by atoms with Crippen LogP contribution in [0.25, 0.3) is 0 Å². The Morgan fingerprint density at radius 1 is 1.29 bits per heavy atom. The average Bonchev–Trinajstić information content (AvgIpc) is 2.01. The second kappa shape index (κ2) is 4.60. The topological polar surface area (TPSA) is 9.23 Å². The fourth-order valence-corrected chi connectivity index (χ4v) is 2.97. The van der Waals surface area contributed by atoms with Crippen molar-refractivity contribution in [2.24, 2.45) is 0 Å². The first-order chi connectivity index (χ1) is 6.38. The van der Waals surface area contributed by atoms with Crippen LogP contribution in [0.3, 0.4) is 0 Å². The highest BCUT2D eigenvalue weighted by atomic mass is 79.9. The standard InChI is InChI=1S/C11H17BrOSi/c1-9(13-14(2,3)4)10-6-5-7-11(12)8-10/h5-9H,1-4H3. The monoisotopic (exact) mass is 272 g/mol. The van der Waals surface area contributed by atoms with Gasteiger partial charge in [-0.25, -0.2) is 0 Å². The lowest BCUT2D eigenvalue weighted by Gasteiger charge is -2.23. The smallest absolute Gasteiger partial charge is 0.184 e. The molecule has 0 aliphatic rings. The summed E-state index contributed by atoms with van der Waals surface area (Å²) in [5.74, 6) is 0. The zero-order chi connectivity index (χ0) is 10.8. The van der Waals surface area contributed by atoms with Gasteiger partial charge >= 0.3 is 0 Å². The molecule has 0 heterocycles. The molecule has 0 fully saturated rings. The minimum absolute atomic E-state index is 0.194. The normalized spacial score (nSPS) is 14.1. The zero-order valence-corrected chi connectivity index (χ0v) is 11.8. The molecule has 1 atom stereocenters. The lowest BCUT2D eigenvalue weighted by molar-refractivity contribution is 0.219. The van der Waals surface area contributed by atoms with Crippen LogP contribution in [0.1, 0.15) is 18.6 Å². The first kappa shape index (κ1) is 11.9. The van der Waals surface area contributed by atoms with Crippen molar-refractivity contribution in [3.05, 3.63) is 34.3 Å². The Balaban J connectivity index is 2.74. The maximum Gasteiger partial charge on any atom is 0.184 e. The molecule has 0 aromatic heterocycles. The Labute approximate surface area is 95.7 Å². The van der Waals surface area contributed by atoms with E-state index in [0.717, 1.165) is 4.47 Å². The second-order valence-electron chi connectivity index (χ2n) is 4.43. The van der Waals surface area contributed by atoms with E-state index in [1.54, 1.807) is 0 Å². The van der Waals surface area contributed by atoms with Gasteiger partial charge in [-0.15, -0.1) is 0 Å². The highest BCUT2D eigenvalue weighted by Crippen LogP contribution is 2.23. The molecule has 1 aromatic carbocycles. The van der Waals surface area contributed by atoms with Crippen LogP contribution in [0.4, 0.5) is 0 Å². The lowest BCUT2D eigenvalue weighted by atomic mass is 10.1. The van der Waals surface area contributed by atoms with Crippen LogP contribution in [-0.2, 0) is 4.43 Å². The van der Waals surface area contributed by atoms with Crippen molar-refractivity contribution in [2.75, 3.05) is 0 Å². The van der Waals surface area contributed by atoms with Gasteiger partial charge in [0, 0.05) is 4.47 Å². The predicted octanol–water partition coefficient (Wildman–Crippen LogP) is 4.36. The van der Waals surface area contributed by atoms with Crippen LogP contribution >= 0.6 is 15.9 Å². The van der Waals surface area contributed by atoms with Gasteiger partial charge in [-0.3, -0.25) is 0 Å². The minimum atomic E-state index is -1.44. The Hall–Kier alpha value is -0.123. The average molecular weight is 273 g/mol. The lowest BCUT2D eigenvalue weighted by Crippen LogP contribution is -2.26. The van der Waals surface area contributed by atoms with Crippen LogP contribution in [0, 0.1) is 0 Å². The third-order valence-electron chi connectivity index (χ3n) is 1.85. The van der Waals surface area contributed by atoms with Crippen LogP contribution in [0.15, 0.2) is 28.7 Å². The van der Waals surface area contributed by atoms with Crippen LogP contribution in [0.2, 0.25) is 19.6 Å². The molecule has 3 heteroatoms. The Bertz CT molecular complexity index is 306. The van der Waals surface area contributed by atoms with E-state index < -0.39 is 8.32 Å². The Kier molecular flexibility index (Phi) is 3.92. The molecule has 1 rings (SSSR count). The van der Waals surface area contributed by atoms with Gasteiger partial charge in [-0.1, -0.05) is 28.1 Å². The van der Waals surface area contributed by atoms with Gasteiger partial charge in [0.05, 0.1) is 6.10 Å². The minimum Gasteiger partial charge on any atom is -0.411 e. The molecule has 0 aliphatic heterocycles. The van der Waals surface area contributed by atoms with Gasteiger partial charge in [0.25, 0.3) is 0 Å². The summed E-state index contributed by atoms with van der Waals surface area (Å²) in [5, 5.41) is 0. The van der Waals surface area contributed by atoms with E-state index in [0.29, 0.717) is 0 Å². The summed E-state index contributed by atoms with van der Waals surface area (Å²) in [7, 11) is -1.44. The molecule has 0 radical (unpaired) electrons. The predicted molar refractivity (Wildman–Crippen MR) is 67.0 cm³/mol. The fraction of sp³-hybridized carbons (Fsp3) is 0.455. The SMILES string of the molecule is CC(O[Si](C)(C)C)c1cccc(Br)c1. The Morgan fingerprint density at radius 3 is 2.43 bits per heavy atom. The molecule has 0 spiro atoms. The highest BCUT2D eigenvalue weighted by Gasteiger charge is 2.19. The molecule has 1 aromatic rings. The molecule has 0 aliphatic carbocycles. The molecule has 0 saturated carbocycles. The van der Waals surface area contributed by atoms with Crippen LogP contribution in [0.5, 0.6) is 0 Å². The molecule has 0 bridgehead atoms. The van der Waals surface area contributed by atoms with Gasteiger partial charge in [0.2, 0.25) is 0 Å². The van der Waals surface area contributed by atoms with E-state index >= 15 is 0 Å². The number of benzene rings is 1. The molecular weight excluding hydrogens is 256 g/mol. The maximum absolute atomic E-state index is 6.00. The van der Waals surface area contributed by atoms with Crippen molar-refractivity contribution in [1.82, 2.24) is 0 Å². The summed E-state index contributed by atoms with van der Waals surface area (Å²) < 4.78 is 7.11. The van der Waals surface area contributed by atoms with E-state index in [9.17, 15) is 0 Å². The second-order valence-corrected chi connectivity index (χ2v) is 9.80. The van der Waals surface area contributed by atoms with Gasteiger partial charge in [0.15, 0.2) is 8.32 Å². The summed E-state index contributed by atoms with van der Waals surface area (Å²) in [4.78, 5) is 0. The molecular formula is C11H17BrOSi. The van der Waals surface area contributed by atoms with Crippen molar-refractivity contribution >= 4 is 24.2 Å². The van der Waals surface area contributed by atoms with E-state index in [2.05, 4.69) is 54.6 Å². The first-order valence-corrected chi connectivity index (χ1v) is 9.02. The van der Waals surface area contributed by atoms with E-state index in [1.807, 2.05) is 12.1 Å². The van der Waals surface area contributed by atoms with E-state index in [-0.39, 0.29) is 6.10 Å². The van der Waals surface area contributed by atoms with Crippen molar-refractivity contribution in [3.8, 4) is 0 Å². The quantitative estimate of drug-likeness (QED) is 0.743. The molecule has 0 N–H and O–H groups in total. The Morgan fingerprint density at radius 2 is 1.93 bits per heavy atom. The summed E-state index contributed by atoms with van der Waals surface area (Å²) in [5.41, 5.74) is 1.24. The third kappa shape index (κ3) is 3.94. The molecule has 1 nitrogen and oxygen atoms in total. The van der Waals surface area contributed by atoms with Gasteiger partial charge in [-0.05, 0) is 44.3 Å². The molecule has 78 valence electrons. The van der Waals surface area contributed by atoms with E-state index in [1.165, 1.54) is 5.56 Å². The molecule has 1 unspecified atom stereocenters. The molecule has 14 heavy (non-hydrogen) atoms. The first-order valence-electron chi connectivity index (χ1n) is 4.82. The van der Waals surface area contributed by atoms with Crippen molar-refractivity contribution in [3.63, 3.8) is 0 Å². The molecule has 0 amide bonds. The summed E-state index contributed by atoms with van der Waals surface area (Å²) >= 11 is 3.47. The maximum atomic E-state index is 6.00. The van der Waals surface area contributed by atoms with Crippen molar-refractivity contribution < 1.29 is 4.43 Å². The van der Waals surface area contributed by atoms with Gasteiger partial charge in [-0.2, -0.15) is 0 Å². The van der Waals surface area contributed by atoms with Gasteiger partial charge < -0.3 is 4.43 Å². The van der Waals surface area contributed by atoms with Crippen molar-refractivity contribution in [1.29, 1.82) is 0 Å². The summed E-state index contributed by atoms with van der Waals surface area (Å²) in [6.45, 7) is 8.74. The highest BCUT2D eigenvalue weighted by molar-refractivity contribution is 9.10. The summed E-state index contributed by atoms with van der Waals surface area (Å²) in [6.07, 6.45) is 0.194. The molecule has 0 saturated heterocycles. The number of hydrogen-bond donors (Lipinski definition) is 0. The van der Waals surface area contributed by atoms with Crippen LogP contribution in [-0.4, -0.2) is 8.32 Å². The van der Waals surface area contributed by atoms with Gasteiger partial charge in [0.1, 0.15) is 0 Å². The fourth-order valence-electron chi connectivity index (χ4n) is 1.36. The number of hydrogen-bond acceptors (Lipinski definition) is 1. The number of halogens is 1.